The van der Waals surface area contributed by atoms with Gasteiger partial charge in [-0.2, -0.15) is 0 Å². The zero-order valence-electron chi connectivity index (χ0n) is 16.5. The first-order valence-corrected chi connectivity index (χ1v) is 10.1. The maximum absolute atomic E-state index is 13.0. The van der Waals surface area contributed by atoms with E-state index in [9.17, 15) is 9.59 Å². The van der Waals surface area contributed by atoms with Crippen LogP contribution >= 0.6 is 11.8 Å². The number of ether oxygens (including phenoxy) is 2. The molecule has 0 unspecified atom stereocenters. The Morgan fingerprint density at radius 1 is 1.11 bits per heavy atom. The van der Waals surface area contributed by atoms with Gasteiger partial charge in [0.15, 0.2) is 0 Å². The summed E-state index contributed by atoms with van der Waals surface area (Å²) in [6.07, 6.45) is 2.18. The van der Waals surface area contributed by atoms with Crippen molar-refractivity contribution < 1.29 is 19.1 Å². The highest BCUT2D eigenvalue weighted by atomic mass is 32.2. The Morgan fingerprint density at radius 2 is 1.82 bits per heavy atom. The molecule has 6 nitrogen and oxygen atoms in total. The van der Waals surface area contributed by atoms with E-state index in [-0.39, 0.29) is 18.2 Å². The Morgan fingerprint density at radius 3 is 2.43 bits per heavy atom. The lowest BCUT2D eigenvalue weighted by Gasteiger charge is -2.23. The molecule has 2 aromatic carbocycles. The van der Waals surface area contributed by atoms with Gasteiger partial charge in [-0.15, -0.1) is 11.8 Å². The summed E-state index contributed by atoms with van der Waals surface area (Å²) in [6.45, 7) is 0.589. The summed E-state index contributed by atoms with van der Waals surface area (Å²) in [7, 11) is 4.93. The fourth-order valence-electron chi connectivity index (χ4n) is 3.31. The van der Waals surface area contributed by atoms with Gasteiger partial charge in [0.05, 0.1) is 32.4 Å². The van der Waals surface area contributed by atoms with E-state index in [1.807, 2.05) is 30.3 Å². The van der Waals surface area contributed by atoms with Crippen LogP contribution in [-0.2, 0) is 16.1 Å². The van der Waals surface area contributed by atoms with Crippen molar-refractivity contribution in [2.45, 2.75) is 23.9 Å². The monoisotopic (exact) mass is 400 g/mol. The smallest absolute Gasteiger partial charge is 0.251 e. The van der Waals surface area contributed by atoms with Crippen LogP contribution in [0.4, 0.5) is 5.69 Å². The van der Waals surface area contributed by atoms with Gasteiger partial charge in [-0.25, -0.2) is 4.90 Å². The van der Waals surface area contributed by atoms with Gasteiger partial charge in [-0.05, 0) is 43.1 Å². The molecular formula is C21H24N2O4S. The molecule has 2 aromatic rings. The normalized spacial score (nSPS) is 16.8. The number of hydrogen-bond acceptors (Lipinski definition) is 6. The molecule has 1 aliphatic heterocycles. The molecule has 1 fully saturated rings. The summed E-state index contributed by atoms with van der Waals surface area (Å²) in [4.78, 5) is 30.0. The predicted molar refractivity (Wildman–Crippen MR) is 110 cm³/mol. The molecule has 3 rings (SSSR count). The molecule has 0 N–H and O–H groups in total. The van der Waals surface area contributed by atoms with E-state index < -0.39 is 6.04 Å². The van der Waals surface area contributed by atoms with Gasteiger partial charge in [0.2, 0.25) is 5.91 Å². The lowest BCUT2D eigenvalue weighted by Crippen LogP contribution is -2.39. The number of nitrogens with zero attached hydrogens (tertiary/aromatic N) is 2. The number of carbonyl (C=O) groups is 2. The number of hydrogen-bond donors (Lipinski definition) is 0. The summed E-state index contributed by atoms with van der Waals surface area (Å²) in [5.74, 6) is 0.554. The highest BCUT2D eigenvalue weighted by Gasteiger charge is 2.42. The van der Waals surface area contributed by atoms with Crippen molar-refractivity contribution in [3.05, 3.63) is 48.0 Å². The number of likely N-dealkylation sites (N-methyl/N-ethyl adjacent to an activating group) is 1. The van der Waals surface area contributed by atoms with E-state index in [4.69, 9.17) is 9.47 Å². The number of imide groups is 1. The first-order valence-electron chi connectivity index (χ1n) is 8.90. The van der Waals surface area contributed by atoms with Gasteiger partial charge in [-0.1, -0.05) is 12.1 Å². The summed E-state index contributed by atoms with van der Waals surface area (Å²) >= 11 is 1.69. The van der Waals surface area contributed by atoms with E-state index in [0.29, 0.717) is 23.7 Å². The van der Waals surface area contributed by atoms with Gasteiger partial charge in [0.1, 0.15) is 11.5 Å². The molecule has 0 radical (unpaired) electrons. The molecule has 0 aromatic heterocycles. The molecule has 148 valence electrons. The SMILES string of the molecule is COc1ccc(N2C(=O)C[C@@H](N(C)Cc3ccc(SC)cc3)C2=O)c(OC)c1. The Balaban J connectivity index is 1.79. The third-order valence-electron chi connectivity index (χ3n) is 4.87. The third kappa shape index (κ3) is 4.00. The summed E-state index contributed by atoms with van der Waals surface area (Å²) in [5.41, 5.74) is 1.54. The number of benzene rings is 2. The second kappa shape index (κ2) is 8.67. The van der Waals surface area contributed by atoms with Crippen molar-refractivity contribution in [1.82, 2.24) is 4.90 Å². The maximum atomic E-state index is 13.0. The van der Waals surface area contributed by atoms with Crippen LogP contribution in [-0.4, -0.2) is 50.3 Å². The number of anilines is 1. The number of methoxy groups -OCH3 is 2. The molecule has 0 saturated carbocycles. The van der Waals surface area contributed by atoms with E-state index in [1.165, 1.54) is 16.9 Å². The predicted octanol–water partition coefficient (Wildman–Crippen LogP) is 3.19. The molecule has 1 saturated heterocycles. The second-order valence-electron chi connectivity index (χ2n) is 6.59. The Labute approximate surface area is 169 Å². The minimum Gasteiger partial charge on any atom is -0.497 e. The fraction of sp³-hybridized carbons (Fsp3) is 0.333. The molecule has 2 amide bonds. The van der Waals surface area contributed by atoms with Crippen molar-refractivity contribution in [1.29, 1.82) is 0 Å². The molecular weight excluding hydrogens is 376 g/mol. The van der Waals surface area contributed by atoms with Crippen LogP contribution < -0.4 is 14.4 Å². The standard InChI is InChI=1S/C21H24N2O4S/c1-22(13-14-5-8-16(28-4)9-6-14)18-12-20(24)23(21(18)25)17-10-7-15(26-2)11-19(17)27-3/h5-11,18H,12-13H2,1-4H3/t18-/m1/s1. The van der Waals surface area contributed by atoms with Gasteiger partial charge in [-0.3, -0.25) is 14.5 Å². The van der Waals surface area contributed by atoms with E-state index in [1.54, 1.807) is 37.1 Å². The van der Waals surface area contributed by atoms with Gasteiger partial charge >= 0.3 is 0 Å². The Bertz CT molecular complexity index is 869. The van der Waals surface area contributed by atoms with Crippen molar-refractivity contribution in [3.8, 4) is 11.5 Å². The van der Waals surface area contributed by atoms with Crippen LogP contribution in [0.5, 0.6) is 11.5 Å². The van der Waals surface area contributed by atoms with Gasteiger partial charge < -0.3 is 9.47 Å². The van der Waals surface area contributed by atoms with Crippen LogP contribution in [0.2, 0.25) is 0 Å². The van der Waals surface area contributed by atoms with E-state index in [0.717, 1.165) is 5.56 Å². The van der Waals surface area contributed by atoms with Crippen molar-refractivity contribution in [2.24, 2.45) is 0 Å². The first kappa shape index (κ1) is 20.2. The average molecular weight is 401 g/mol. The molecule has 0 bridgehead atoms. The summed E-state index contributed by atoms with van der Waals surface area (Å²) in [6, 6.07) is 12.8. The topological polar surface area (TPSA) is 59.1 Å². The zero-order chi connectivity index (χ0) is 20.3. The molecule has 7 heteroatoms. The maximum Gasteiger partial charge on any atom is 0.251 e. The van der Waals surface area contributed by atoms with Crippen molar-refractivity contribution in [3.63, 3.8) is 0 Å². The minimum atomic E-state index is -0.500. The van der Waals surface area contributed by atoms with Crippen molar-refractivity contribution >= 4 is 29.3 Å². The number of carbonyl (C=O) groups excluding carboxylic acids is 2. The van der Waals surface area contributed by atoms with Crippen LogP contribution in [0.25, 0.3) is 0 Å². The number of thioether (sulfide) groups is 1. The minimum absolute atomic E-state index is 0.146. The molecule has 1 heterocycles. The zero-order valence-corrected chi connectivity index (χ0v) is 17.3. The summed E-state index contributed by atoms with van der Waals surface area (Å²) in [5, 5.41) is 0. The van der Waals surface area contributed by atoms with E-state index >= 15 is 0 Å². The quantitative estimate of drug-likeness (QED) is 0.526. The fourth-order valence-corrected chi connectivity index (χ4v) is 3.72. The highest BCUT2D eigenvalue weighted by molar-refractivity contribution is 7.98. The van der Waals surface area contributed by atoms with Crippen LogP contribution in [0, 0.1) is 0 Å². The first-order chi connectivity index (χ1) is 13.5. The molecule has 0 spiro atoms. The Hall–Kier alpha value is -2.51. The lowest BCUT2D eigenvalue weighted by atomic mass is 10.1. The summed E-state index contributed by atoms with van der Waals surface area (Å²) < 4.78 is 10.6. The Kier molecular flexibility index (Phi) is 6.26. The number of amides is 2. The second-order valence-corrected chi connectivity index (χ2v) is 7.47. The molecule has 0 aliphatic carbocycles. The van der Waals surface area contributed by atoms with Gasteiger partial charge in [0, 0.05) is 17.5 Å². The van der Waals surface area contributed by atoms with Crippen LogP contribution in [0.3, 0.4) is 0 Å². The van der Waals surface area contributed by atoms with E-state index in [2.05, 4.69) is 12.1 Å². The molecule has 28 heavy (non-hydrogen) atoms. The third-order valence-corrected chi connectivity index (χ3v) is 5.62. The van der Waals surface area contributed by atoms with Crippen molar-refractivity contribution in [2.75, 3.05) is 32.4 Å². The molecule has 1 atom stereocenters. The lowest BCUT2D eigenvalue weighted by molar-refractivity contribution is -0.122. The van der Waals surface area contributed by atoms with Crippen LogP contribution in [0.15, 0.2) is 47.4 Å². The highest BCUT2D eigenvalue weighted by Crippen LogP contribution is 2.36. The number of rotatable bonds is 7. The molecule has 1 aliphatic rings. The van der Waals surface area contributed by atoms with Gasteiger partial charge in [0.25, 0.3) is 5.91 Å². The average Bonchev–Trinajstić information content (AvgIpc) is 3.02. The largest absolute Gasteiger partial charge is 0.497 e. The van der Waals surface area contributed by atoms with Crippen LogP contribution in [0.1, 0.15) is 12.0 Å².